The highest BCUT2D eigenvalue weighted by atomic mass is 127. The van der Waals surface area contributed by atoms with Crippen LogP contribution in [0.3, 0.4) is 0 Å². The monoisotopic (exact) mass is 325 g/mol. The number of hydrogen-bond donors (Lipinski definition) is 0. The fourth-order valence-electron chi connectivity index (χ4n) is 0.868. The van der Waals surface area contributed by atoms with E-state index in [0.717, 1.165) is 6.07 Å². The standard InChI is InChI=1S/C7H2F2IN3O2/c8-7(9)6-3(10)1-5(13(14)15)4(2-11)12-6/h1,7H. The van der Waals surface area contributed by atoms with Crippen LogP contribution in [0, 0.1) is 25.0 Å². The van der Waals surface area contributed by atoms with Crippen LogP contribution in [0.4, 0.5) is 14.5 Å². The van der Waals surface area contributed by atoms with E-state index in [1.807, 2.05) is 0 Å². The van der Waals surface area contributed by atoms with Crippen molar-refractivity contribution in [3.05, 3.63) is 31.1 Å². The van der Waals surface area contributed by atoms with Crippen LogP contribution < -0.4 is 0 Å². The van der Waals surface area contributed by atoms with Gasteiger partial charge < -0.3 is 0 Å². The number of nitro groups is 1. The number of halogens is 3. The van der Waals surface area contributed by atoms with Crippen LogP contribution >= 0.6 is 22.6 Å². The van der Waals surface area contributed by atoms with Gasteiger partial charge in [-0.3, -0.25) is 10.1 Å². The van der Waals surface area contributed by atoms with Gasteiger partial charge in [0.1, 0.15) is 11.8 Å². The van der Waals surface area contributed by atoms with Crippen molar-refractivity contribution in [3.8, 4) is 6.07 Å². The number of aromatic nitrogens is 1. The van der Waals surface area contributed by atoms with E-state index < -0.39 is 28.4 Å². The molecule has 5 nitrogen and oxygen atoms in total. The summed E-state index contributed by atoms with van der Waals surface area (Å²) in [5, 5.41) is 18.9. The number of rotatable bonds is 2. The Morgan fingerprint density at radius 3 is 2.67 bits per heavy atom. The van der Waals surface area contributed by atoms with E-state index >= 15 is 0 Å². The molecule has 0 fully saturated rings. The molecule has 0 unspecified atom stereocenters. The number of nitrogens with zero attached hydrogens (tertiary/aromatic N) is 3. The van der Waals surface area contributed by atoms with Crippen molar-refractivity contribution in [1.29, 1.82) is 5.26 Å². The fourth-order valence-corrected chi connectivity index (χ4v) is 1.52. The molecule has 0 N–H and O–H groups in total. The molecular formula is C7H2F2IN3O2. The van der Waals surface area contributed by atoms with Gasteiger partial charge in [-0.05, 0) is 22.6 Å². The number of pyridine rings is 1. The summed E-state index contributed by atoms with van der Waals surface area (Å²) >= 11 is 1.51. The first-order valence-electron chi connectivity index (χ1n) is 3.50. The van der Waals surface area contributed by atoms with E-state index in [1.165, 1.54) is 28.7 Å². The molecule has 0 saturated carbocycles. The van der Waals surface area contributed by atoms with Gasteiger partial charge in [0.15, 0.2) is 0 Å². The van der Waals surface area contributed by atoms with Gasteiger partial charge in [-0.15, -0.1) is 0 Å². The van der Waals surface area contributed by atoms with Crippen molar-refractivity contribution >= 4 is 28.3 Å². The third-order valence-electron chi connectivity index (χ3n) is 1.49. The van der Waals surface area contributed by atoms with Gasteiger partial charge >= 0.3 is 5.69 Å². The second kappa shape index (κ2) is 4.43. The lowest BCUT2D eigenvalue weighted by Gasteiger charge is -2.02. The molecule has 0 spiro atoms. The summed E-state index contributed by atoms with van der Waals surface area (Å²) < 4.78 is 24.6. The maximum Gasteiger partial charge on any atom is 0.306 e. The lowest BCUT2D eigenvalue weighted by atomic mass is 10.2. The van der Waals surface area contributed by atoms with Gasteiger partial charge in [0.2, 0.25) is 5.69 Å². The van der Waals surface area contributed by atoms with Gasteiger partial charge in [0.05, 0.1) is 4.92 Å². The van der Waals surface area contributed by atoms with E-state index in [0.29, 0.717) is 0 Å². The molecule has 0 bridgehead atoms. The molecule has 1 aromatic heterocycles. The first kappa shape index (κ1) is 11.7. The molecule has 0 saturated heterocycles. The Hall–Kier alpha value is -1.37. The van der Waals surface area contributed by atoms with Crippen LogP contribution in [0.1, 0.15) is 17.8 Å². The van der Waals surface area contributed by atoms with Crippen molar-refractivity contribution < 1.29 is 13.7 Å². The third-order valence-corrected chi connectivity index (χ3v) is 2.36. The highest BCUT2D eigenvalue weighted by molar-refractivity contribution is 14.1. The zero-order chi connectivity index (χ0) is 11.6. The van der Waals surface area contributed by atoms with E-state index in [9.17, 15) is 18.9 Å². The van der Waals surface area contributed by atoms with E-state index in [4.69, 9.17) is 5.26 Å². The first-order valence-corrected chi connectivity index (χ1v) is 4.58. The van der Waals surface area contributed by atoms with Gasteiger partial charge in [0, 0.05) is 9.64 Å². The molecular weight excluding hydrogens is 323 g/mol. The normalized spacial score (nSPS) is 10.1. The lowest BCUT2D eigenvalue weighted by molar-refractivity contribution is -0.385. The molecule has 0 aliphatic rings. The molecule has 1 rings (SSSR count). The fraction of sp³-hybridized carbons (Fsp3) is 0.143. The minimum atomic E-state index is -2.86. The zero-order valence-electron chi connectivity index (χ0n) is 6.95. The zero-order valence-corrected chi connectivity index (χ0v) is 9.10. The summed E-state index contributed by atoms with van der Waals surface area (Å²) in [5.74, 6) is 0. The molecule has 78 valence electrons. The average molecular weight is 325 g/mol. The van der Waals surface area contributed by atoms with Gasteiger partial charge in [-0.25, -0.2) is 13.8 Å². The number of hydrogen-bond acceptors (Lipinski definition) is 4. The minimum Gasteiger partial charge on any atom is -0.258 e. The molecule has 8 heteroatoms. The maximum absolute atomic E-state index is 12.3. The quantitative estimate of drug-likeness (QED) is 0.475. The first-order chi connectivity index (χ1) is 6.97. The molecule has 15 heavy (non-hydrogen) atoms. The summed E-state index contributed by atoms with van der Waals surface area (Å²) in [6.45, 7) is 0. The van der Waals surface area contributed by atoms with Crippen LogP contribution in [0.5, 0.6) is 0 Å². The van der Waals surface area contributed by atoms with Crippen LogP contribution in [0.25, 0.3) is 0 Å². The highest BCUT2D eigenvalue weighted by Crippen LogP contribution is 2.27. The van der Waals surface area contributed by atoms with E-state index in [1.54, 1.807) is 0 Å². The van der Waals surface area contributed by atoms with Crippen molar-refractivity contribution in [2.75, 3.05) is 0 Å². The second-order valence-electron chi connectivity index (χ2n) is 2.39. The molecule has 0 aliphatic heterocycles. The molecule has 0 atom stereocenters. The Labute approximate surface area is 96.0 Å². The Kier molecular flexibility index (Phi) is 3.46. The van der Waals surface area contributed by atoms with Gasteiger partial charge in [0.25, 0.3) is 6.43 Å². The molecule has 0 radical (unpaired) electrons. The summed E-state index contributed by atoms with van der Waals surface area (Å²) in [5.41, 5.74) is -1.78. The second-order valence-corrected chi connectivity index (χ2v) is 3.55. The van der Waals surface area contributed by atoms with Crippen molar-refractivity contribution in [2.24, 2.45) is 0 Å². The SMILES string of the molecule is N#Cc1nc(C(F)F)c(I)cc1[N+](=O)[O-]. The van der Waals surface area contributed by atoms with Crippen LogP contribution in [0.15, 0.2) is 6.07 Å². The van der Waals surface area contributed by atoms with Crippen molar-refractivity contribution in [1.82, 2.24) is 4.98 Å². The summed E-state index contributed by atoms with van der Waals surface area (Å²) in [6.07, 6.45) is -2.86. The predicted molar refractivity (Wildman–Crippen MR) is 53.3 cm³/mol. The molecule has 0 amide bonds. The van der Waals surface area contributed by atoms with Crippen molar-refractivity contribution in [3.63, 3.8) is 0 Å². The Bertz CT molecular complexity index is 458. The van der Waals surface area contributed by atoms with E-state index in [2.05, 4.69) is 4.98 Å². The van der Waals surface area contributed by atoms with Gasteiger partial charge in [-0.2, -0.15) is 5.26 Å². The molecule has 0 aliphatic carbocycles. The number of alkyl halides is 2. The van der Waals surface area contributed by atoms with Gasteiger partial charge in [-0.1, -0.05) is 0 Å². The lowest BCUT2D eigenvalue weighted by Crippen LogP contribution is -2.02. The summed E-state index contributed by atoms with van der Waals surface area (Å²) in [7, 11) is 0. The summed E-state index contributed by atoms with van der Waals surface area (Å²) in [4.78, 5) is 12.9. The van der Waals surface area contributed by atoms with E-state index in [-0.39, 0.29) is 3.57 Å². The molecule has 0 aromatic carbocycles. The van der Waals surface area contributed by atoms with Crippen molar-refractivity contribution in [2.45, 2.75) is 6.43 Å². The number of nitriles is 1. The average Bonchev–Trinajstić information content (AvgIpc) is 2.16. The Morgan fingerprint density at radius 2 is 2.27 bits per heavy atom. The Balaban J connectivity index is 3.44. The van der Waals surface area contributed by atoms with Crippen LogP contribution in [-0.2, 0) is 0 Å². The molecule has 1 aromatic rings. The minimum absolute atomic E-state index is 0.0340. The highest BCUT2D eigenvalue weighted by Gasteiger charge is 2.22. The molecule has 1 heterocycles. The topological polar surface area (TPSA) is 79.8 Å². The summed E-state index contributed by atoms with van der Waals surface area (Å²) in [6, 6.07) is 2.32. The van der Waals surface area contributed by atoms with Crippen LogP contribution in [0.2, 0.25) is 0 Å². The third kappa shape index (κ3) is 2.35. The Morgan fingerprint density at radius 1 is 1.67 bits per heavy atom. The maximum atomic E-state index is 12.3. The van der Waals surface area contributed by atoms with Crippen LogP contribution in [-0.4, -0.2) is 9.91 Å². The predicted octanol–water partition coefficient (Wildman–Crippen LogP) is 2.40. The smallest absolute Gasteiger partial charge is 0.258 e. The largest absolute Gasteiger partial charge is 0.306 e.